The second-order valence-electron chi connectivity index (χ2n) is 12.5. The zero-order valence-electron chi connectivity index (χ0n) is 28.2. The van der Waals surface area contributed by atoms with Crippen molar-refractivity contribution in [3.05, 3.63) is 105 Å². The SMILES string of the molecule is CC(C)c1cc(COC(=O)N[C@H](C(=O)N[C@@H](Cc2ccccc2)C[C@H](O)[C@H](Cc2ccccc2)NC(=O)OCc2cncs2)C(C)C)sn1. The fraction of sp³-hybridized carbons (Fsp3) is 0.417. The van der Waals surface area contributed by atoms with E-state index in [1.807, 2.05) is 94.4 Å². The Morgan fingerprint density at radius 2 is 1.43 bits per heavy atom. The number of amides is 3. The molecule has 49 heavy (non-hydrogen) atoms. The highest BCUT2D eigenvalue weighted by Crippen LogP contribution is 2.19. The Morgan fingerprint density at radius 1 is 0.816 bits per heavy atom. The van der Waals surface area contributed by atoms with Gasteiger partial charge in [0.1, 0.15) is 19.3 Å². The van der Waals surface area contributed by atoms with Gasteiger partial charge in [-0.1, -0.05) is 88.4 Å². The van der Waals surface area contributed by atoms with Crippen molar-refractivity contribution in [2.45, 2.75) is 90.3 Å². The summed E-state index contributed by atoms with van der Waals surface area (Å²) in [7, 11) is 0. The summed E-state index contributed by atoms with van der Waals surface area (Å²) in [5.41, 5.74) is 4.46. The number of carbonyl (C=O) groups is 3. The number of nitrogens with zero attached hydrogens (tertiary/aromatic N) is 2. The number of rotatable bonds is 17. The third kappa shape index (κ3) is 12.6. The number of carbonyl (C=O) groups excluding carboxylic acids is 3. The van der Waals surface area contributed by atoms with Crippen LogP contribution in [0.4, 0.5) is 9.59 Å². The lowest BCUT2D eigenvalue weighted by molar-refractivity contribution is -0.125. The van der Waals surface area contributed by atoms with Gasteiger partial charge >= 0.3 is 12.2 Å². The number of hydrogen-bond donors (Lipinski definition) is 4. The van der Waals surface area contributed by atoms with Gasteiger partial charge in [0.05, 0.1) is 33.1 Å². The molecule has 4 rings (SSSR count). The van der Waals surface area contributed by atoms with E-state index in [2.05, 4.69) is 25.3 Å². The van der Waals surface area contributed by atoms with Crippen molar-refractivity contribution in [2.75, 3.05) is 0 Å². The lowest BCUT2D eigenvalue weighted by atomic mass is 9.93. The Morgan fingerprint density at radius 3 is 2.00 bits per heavy atom. The van der Waals surface area contributed by atoms with Crippen molar-refractivity contribution in [3.8, 4) is 0 Å². The summed E-state index contributed by atoms with van der Waals surface area (Å²) in [6, 6.07) is 18.9. The van der Waals surface area contributed by atoms with Gasteiger partial charge in [-0.05, 0) is 59.8 Å². The van der Waals surface area contributed by atoms with E-state index in [0.29, 0.717) is 12.8 Å². The van der Waals surface area contributed by atoms with Crippen LogP contribution in [0.15, 0.2) is 78.4 Å². The molecule has 0 aliphatic carbocycles. The van der Waals surface area contributed by atoms with Gasteiger partial charge in [-0.3, -0.25) is 9.78 Å². The fourth-order valence-corrected chi connectivity index (χ4v) is 6.42. The number of aliphatic hydroxyl groups excluding tert-OH is 1. The van der Waals surface area contributed by atoms with Crippen LogP contribution in [0.25, 0.3) is 0 Å². The van der Waals surface area contributed by atoms with Crippen LogP contribution < -0.4 is 16.0 Å². The lowest BCUT2D eigenvalue weighted by Gasteiger charge is -2.30. The molecule has 4 atom stereocenters. The Bertz CT molecular complexity index is 1580. The van der Waals surface area contributed by atoms with Gasteiger partial charge in [0.25, 0.3) is 0 Å². The molecule has 2 aromatic heterocycles. The molecule has 2 aromatic carbocycles. The van der Waals surface area contributed by atoms with Crippen molar-refractivity contribution in [3.63, 3.8) is 0 Å². The molecular weight excluding hydrogens is 663 g/mol. The van der Waals surface area contributed by atoms with Crippen LogP contribution in [-0.4, -0.2) is 56.8 Å². The molecule has 11 nitrogen and oxygen atoms in total. The number of aliphatic hydroxyl groups is 1. The van der Waals surface area contributed by atoms with Crippen LogP contribution in [0.1, 0.15) is 66.6 Å². The Hall–Kier alpha value is -4.33. The summed E-state index contributed by atoms with van der Waals surface area (Å²) >= 11 is 2.66. The molecule has 0 unspecified atom stereocenters. The average molecular weight is 708 g/mol. The normalized spacial score (nSPS) is 13.7. The summed E-state index contributed by atoms with van der Waals surface area (Å²) < 4.78 is 15.2. The summed E-state index contributed by atoms with van der Waals surface area (Å²) in [5.74, 6) is -0.397. The molecule has 0 radical (unpaired) electrons. The van der Waals surface area contributed by atoms with E-state index in [0.717, 1.165) is 26.6 Å². The minimum absolute atomic E-state index is 0.0495. The smallest absolute Gasteiger partial charge is 0.408 e. The molecule has 0 spiro atoms. The monoisotopic (exact) mass is 707 g/mol. The summed E-state index contributed by atoms with van der Waals surface area (Å²) in [6.07, 6.45) is 0.0614. The van der Waals surface area contributed by atoms with E-state index < -0.39 is 42.3 Å². The zero-order chi connectivity index (χ0) is 35.2. The van der Waals surface area contributed by atoms with Crippen molar-refractivity contribution in [2.24, 2.45) is 5.92 Å². The summed E-state index contributed by atoms with van der Waals surface area (Å²) in [4.78, 5) is 45.0. The van der Waals surface area contributed by atoms with Gasteiger partial charge in [0.15, 0.2) is 0 Å². The molecule has 4 aromatic rings. The maximum Gasteiger partial charge on any atom is 0.408 e. The first-order valence-electron chi connectivity index (χ1n) is 16.3. The largest absolute Gasteiger partial charge is 0.444 e. The molecule has 4 N–H and O–H groups in total. The predicted octanol–water partition coefficient (Wildman–Crippen LogP) is 5.99. The molecule has 3 amide bonds. The summed E-state index contributed by atoms with van der Waals surface area (Å²) in [5, 5.41) is 20.2. The predicted molar refractivity (Wildman–Crippen MR) is 190 cm³/mol. The number of ether oxygens (including phenoxy) is 2. The lowest BCUT2D eigenvalue weighted by Crippen LogP contribution is -2.54. The number of aromatic nitrogens is 2. The quantitative estimate of drug-likeness (QED) is 0.105. The van der Waals surface area contributed by atoms with Crippen LogP contribution in [0.5, 0.6) is 0 Å². The Labute approximate surface area is 295 Å². The molecule has 262 valence electrons. The van der Waals surface area contributed by atoms with E-state index in [4.69, 9.17) is 9.47 Å². The highest BCUT2D eigenvalue weighted by Gasteiger charge is 2.30. The van der Waals surface area contributed by atoms with Gasteiger partial charge in [-0.25, -0.2) is 9.59 Å². The Balaban J connectivity index is 1.44. The molecular formula is C36H45N5O6S2. The second kappa shape index (κ2) is 19.0. The third-order valence-electron chi connectivity index (χ3n) is 7.83. The molecule has 0 aliphatic heterocycles. The van der Waals surface area contributed by atoms with Crippen LogP contribution in [0, 0.1) is 5.92 Å². The van der Waals surface area contributed by atoms with Gasteiger partial charge in [0.2, 0.25) is 5.91 Å². The highest BCUT2D eigenvalue weighted by atomic mass is 32.1. The number of hydrogen-bond acceptors (Lipinski definition) is 10. The maximum absolute atomic E-state index is 13.7. The van der Waals surface area contributed by atoms with E-state index in [1.54, 1.807) is 11.7 Å². The average Bonchev–Trinajstić information content (AvgIpc) is 3.79. The molecule has 0 bridgehead atoms. The molecule has 0 saturated heterocycles. The van der Waals surface area contributed by atoms with E-state index in [9.17, 15) is 19.5 Å². The van der Waals surface area contributed by atoms with Crippen molar-refractivity contribution < 1.29 is 29.0 Å². The van der Waals surface area contributed by atoms with Crippen molar-refractivity contribution >= 4 is 41.0 Å². The summed E-state index contributed by atoms with van der Waals surface area (Å²) in [6.45, 7) is 7.87. The van der Waals surface area contributed by atoms with Crippen LogP contribution in [0.3, 0.4) is 0 Å². The van der Waals surface area contributed by atoms with Gasteiger partial charge in [-0.2, -0.15) is 4.37 Å². The number of benzene rings is 2. The minimum Gasteiger partial charge on any atom is -0.444 e. The number of alkyl carbamates (subject to hydrolysis) is 2. The van der Waals surface area contributed by atoms with Crippen molar-refractivity contribution in [1.29, 1.82) is 0 Å². The van der Waals surface area contributed by atoms with Crippen LogP contribution in [0.2, 0.25) is 0 Å². The molecule has 0 saturated carbocycles. The molecule has 13 heteroatoms. The molecule has 0 fully saturated rings. The van der Waals surface area contributed by atoms with Crippen LogP contribution in [-0.2, 0) is 40.3 Å². The second-order valence-corrected chi connectivity index (χ2v) is 14.4. The topological polar surface area (TPSA) is 152 Å². The first kappa shape index (κ1) is 37.5. The minimum atomic E-state index is -1.06. The first-order chi connectivity index (χ1) is 23.6. The van der Waals surface area contributed by atoms with E-state index in [-0.39, 0.29) is 31.5 Å². The van der Waals surface area contributed by atoms with Gasteiger partial charge in [0, 0.05) is 12.2 Å². The number of nitrogens with one attached hydrogen (secondary N) is 3. The van der Waals surface area contributed by atoms with E-state index >= 15 is 0 Å². The van der Waals surface area contributed by atoms with Gasteiger partial charge in [-0.15, -0.1) is 11.3 Å². The first-order valence-corrected chi connectivity index (χ1v) is 18.0. The van der Waals surface area contributed by atoms with Crippen molar-refractivity contribution in [1.82, 2.24) is 25.3 Å². The molecule has 2 heterocycles. The standard InChI is InChI=1S/C36H45N5O6S2/c1-23(2)30-18-28(49-41-30)20-46-36(45)40-33(24(3)4)34(43)38-27(15-25-11-7-5-8-12-25)17-32(42)31(16-26-13-9-6-10-14-26)39-35(44)47-21-29-19-37-22-48-29/h5-14,18-19,22-24,27,31-33,42H,15-17,20-21H2,1-4H3,(H,38,43)(H,39,44)(H,40,45)/t27-,31-,32-,33-/m0/s1. The van der Waals surface area contributed by atoms with Crippen LogP contribution >= 0.6 is 22.9 Å². The number of thiazole rings is 1. The zero-order valence-corrected chi connectivity index (χ0v) is 29.8. The fourth-order valence-electron chi connectivity index (χ4n) is 5.14. The molecule has 0 aliphatic rings. The Kier molecular flexibility index (Phi) is 14.5. The third-order valence-corrected chi connectivity index (χ3v) is 9.35. The maximum atomic E-state index is 13.7. The van der Waals surface area contributed by atoms with E-state index in [1.165, 1.54) is 22.9 Å². The van der Waals surface area contributed by atoms with Gasteiger partial charge < -0.3 is 30.5 Å². The highest BCUT2D eigenvalue weighted by molar-refractivity contribution is 7.09.